The first kappa shape index (κ1) is 11.5. The highest BCUT2D eigenvalue weighted by Gasteiger charge is 2.33. The largest absolute Gasteiger partial charge is 0.388 e. The molecule has 4 nitrogen and oxygen atoms in total. The maximum absolute atomic E-state index is 11.9. The molecule has 1 saturated carbocycles. The quantitative estimate of drug-likeness (QED) is 0.871. The van der Waals surface area contributed by atoms with E-state index >= 15 is 0 Å². The van der Waals surface area contributed by atoms with Gasteiger partial charge in [0.15, 0.2) is 0 Å². The van der Waals surface area contributed by atoms with E-state index in [0.717, 1.165) is 25.7 Å². The SMILES string of the molecule is CN(CC1(O)CCCC1)C(=O)c1cncs1. The van der Waals surface area contributed by atoms with E-state index in [1.54, 1.807) is 23.7 Å². The smallest absolute Gasteiger partial charge is 0.265 e. The van der Waals surface area contributed by atoms with Crippen molar-refractivity contribution in [3.8, 4) is 0 Å². The zero-order valence-electron chi connectivity index (χ0n) is 9.35. The van der Waals surface area contributed by atoms with Gasteiger partial charge in [0.25, 0.3) is 5.91 Å². The molecule has 5 heteroatoms. The number of aliphatic hydroxyl groups is 1. The molecule has 88 valence electrons. The van der Waals surface area contributed by atoms with Crippen molar-refractivity contribution in [1.29, 1.82) is 0 Å². The summed E-state index contributed by atoms with van der Waals surface area (Å²) in [4.78, 5) is 18.0. The molecule has 1 aromatic heterocycles. The van der Waals surface area contributed by atoms with E-state index < -0.39 is 5.60 Å². The lowest BCUT2D eigenvalue weighted by Gasteiger charge is -2.28. The summed E-state index contributed by atoms with van der Waals surface area (Å²) in [6, 6.07) is 0. The molecule has 0 atom stereocenters. The van der Waals surface area contributed by atoms with Crippen molar-refractivity contribution in [3.05, 3.63) is 16.6 Å². The van der Waals surface area contributed by atoms with Gasteiger partial charge < -0.3 is 10.0 Å². The van der Waals surface area contributed by atoms with Gasteiger partial charge in [0.05, 0.1) is 17.3 Å². The molecule has 0 unspecified atom stereocenters. The number of hydrogen-bond acceptors (Lipinski definition) is 4. The summed E-state index contributed by atoms with van der Waals surface area (Å²) >= 11 is 1.33. The van der Waals surface area contributed by atoms with Gasteiger partial charge in [0.1, 0.15) is 4.88 Å². The Bertz CT molecular complexity index is 358. The monoisotopic (exact) mass is 240 g/mol. The fraction of sp³-hybridized carbons (Fsp3) is 0.636. The van der Waals surface area contributed by atoms with Crippen molar-refractivity contribution < 1.29 is 9.90 Å². The summed E-state index contributed by atoms with van der Waals surface area (Å²) in [7, 11) is 1.73. The van der Waals surface area contributed by atoms with Crippen LogP contribution in [0.2, 0.25) is 0 Å². The van der Waals surface area contributed by atoms with E-state index in [0.29, 0.717) is 11.4 Å². The van der Waals surface area contributed by atoms with Crippen molar-refractivity contribution in [1.82, 2.24) is 9.88 Å². The van der Waals surface area contributed by atoms with Crippen molar-refractivity contribution >= 4 is 17.2 Å². The highest BCUT2D eigenvalue weighted by molar-refractivity contribution is 7.11. The maximum atomic E-state index is 11.9. The zero-order chi connectivity index (χ0) is 11.6. The summed E-state index contributed by atoms with van der Waals surface area (Å²) in [5.41, 5.74) is 0.973. The maximum Gasteiger partial charge on any atom is 0.265 e. The van der Waals surface area contributed by atoms with Crippen LogP contribution in [0, 0.1) is 0 Å². The van der Waals surface area contributed by atoms with Crippen LogP contribution < -0.4 is 0 Å². The number of hydrogen-bond donors (Lipinski definition) is 1. The third-order valence-electron chi connectivity index (χ3n) is 3.06. The van der Waals surface area contributed by atoms with Crippen LogP contribution in [0.25, 0.3) is 0 Å². The van der Waals surface area contributed by atoms with Crippen molar-refractivity contribution in [2.24, 2.45) is 0 Å². The molecular formula is C11H16N2O2S. The highest BCUT2D eigenvalue weighted by Crippen LogP contribution is 2.30. The molecule has 1 fully saturated rings. The standard InChI is InChI=1S/C11H16N2O2S/c1-13(7-11(15)4-2-3-5-11)10(14)9-6-12-8-16-9/h6,8,15H,2-5,7H2,1H3. The third-order valence-corrected chi connectivity index (χ3v) is 3.82. The summed E-state index contributed by atoms with van der Waals surface area (Å²) in [6.07, 6.45) is 5.28. The Labute approximate surface area is 98.9 Å². The van der Waals surface area contributed by atoms with Crippen LogP contribution >= 0.6 is 11.3 Å². The second-order valence-electron chi connectivity index (χ2n) is 4.46. The third kappa shape index (κ3) is 2.41. The predicted octanol–water partition coefficient (Wildman–Crippen LogP) is 1.52. The normalized spacial score (nSPS) is 18.6. The van der Waals surface area contributed by atoms with Gasteiger partial charge in [-0.1, -0.05) is 12.8 Å². The Morgan fingerprint density at radius 1 is 1.62 bits per heavy atom. The molecule has 0 bridgehead atoms. The van der Waals surface area contributed by atoms with Crippen LogP contribution in [0.3, 0.4) is 0 Å². The molecule has 0 aromatic carbocycles. The molecule has 1 aliphatic rings. The number of likely N-dealkylation sites (N-methyl/N-ethyl adjacent to an activating group) is 1. The Hall–Kier alpha value is -0.940. The number of thiazole rings is 1. The topological polar surface area (TPSA) is 53.4 Å². The number of rotatable bonds is 3. The van der Waals surface area contributed by atoms with E-state index in [1.165, 1.54) is 11.3 Å². The van der Waals surface area contributed by atoms with Gasteiger partial charge in [0.2, 0.25) is 0 Å². The first-order chi connectivity index (χ1) is 7.61. The number of nitrogens with zero attached hydrogens (tertiary/aromatic N) is 2. The lowest BCUT2D eigenvalue weighted by molar-refractivity contribution is 0.0158. The van der Waals surface area contributed by atoms with Crippen molar-refractivity contribution in [2.75, 3.05) is 13.6 Å². The summed E-state index contributed by atoms with van der Waals surface area (Å²) < 4.78 is 0. The van der Waals surface area contributed by atoms with Gasteiger partial charge in [-0.2, -0.15) is 0 Å². The van der Waals surface area contributed by atoms with Crippen LogP contribution in [0.4, 0.5) is 0 Å². The van der Waals surface area contributed by atoms with Gasteiger partial charge >= 0.3 is 0 Å². The molecule has 2 rings (SSSR count). The molecule has 0 aliphatic heterocycles. The molecule has 0 saturated heterocycles. The van der Waals surface area contributed by atoms with Gasteiger partial charge in [-0.05, 0) is 12.8 Å². The van der Waals surface area contributed by atoms with Crippen LogP contribution in [0.15, 0.2) is 11.7 Å². The number of aromatic nitrogens is 1. The van der Waals surface area contributed by atoms with Crippen molar-refractivity contribution in [3.63, 3.8) is 0 Å². The Morgan fingerprint density at radius 3 is 2.88 bits per heavy atom. The minimum Gasteiger partial charge on any atom is -0.388 e. The van der Waals surface area contributed by atoms with Crippen LogP contribution in [0.1, 0.15) is 35.4 Å². The van der Waals surface area contributed by atoms with Crippen LogP contribution in [-0.4, -0.2) is 40.1 Å². The molecule has 1 aromatic rings. The number of amides is 1. The molecular weight excluding hydrogens is 224 g/mol. The zero-order valence-corrected chi connectivity index (χ0v) is 10.2. The number of carbonyl (C=O) groups is 1. The van der Waals surface area contributed by atoms with E-state index in [4.69, 9.17) is 0 Å². The average Bonchev–Trinajstić information content (AvgIpc) is 2.87. The fourth-order valence-corrected chi connectivity index (χ4v) is 2.83. The van der Waals surface area contributed by atoms with Gasteiger partial charge in [0, 0.05) is 13.6 Å². The average molecular weight is 240 g/mol. The first-order valence-electron chi connectivity index (χ1n) is 5.47. The minimum atomic E-state index is -0.672. The predicted molar refractivity (Wildman–Crippen MR) is 62.5 cm³/mol. The molecule has 16 heavy (non-hydrogen) atoms. The van der Waals surface area contributed by atoms with Crippen molar-refractivity contribution in [2.45, 2.75) is 31.3 Å². The molecule has 1 heterocycles. The lowest BCUT2D eigenvalue weighted by Crippen LogP contribution is -2.41. The first-order valence-corrected chi connectivity index (χ1v) is 6.35. The Morgan fingerprint density at radius 2 is 2.31 bits per heavy atom. The summed E-state index contributed by atoms with van der Waals surface area (Å²) in [6.45, 7) is 0.420. The van der Waals surface area contributed by atoms with Crippen LogP contribution in [-0.2, 0) is 0 Å². The molecule has 0 radical (unpaired) electrons. The second-order valence-corrected chi connectivity index (χ2v) is 5.34. The molecule has 0 spiro atoms. The molecule has 1 N–H and O–H groups in total. The van der Waals surface area contributed by atoms with E-state index in [1.807, 2.05) is 0 Å². The van der Waals surface area contributed by atoms with Gasteiger partial charge in [-0.25, -0.2) is 0 Å². The van der Waals surface area contributed by atoms with E-state index in [2.05, 4.69) is 4.98 Å². The highest BCUT2D eigenvalue weighted by atomic mass is 32.1. The Kier molecular flexibility index (Phi) is 3.25. The number of carbonyl (C=O) groups excluding carboxylic acids is 1. The Balaban J connectivity index is 1.97. The van der Waals surface area contributed by atoms with Crippen LogP contribution in [0.5, 0.6) is 0 Å². The van der Waals surface area contributed by atoms with Gasteiger partial charge in [-0.15, -0.1) is 11.3 Å². The fourth-order valence-electron chi connectivity index (χ4n) is 2.21. The summed E-state index contributed by atoms with van der Waals surface area (Å²) in [5.74, 6) is -0.0529. The molecule has 1 aliphatic carbocycles. The van der Waals surface area contributed by atoms with E-state index in [-0.39, 0.29) is 5.91 Å². The van der Waals surface area contributed by atoms with E-state index in [9.17, 15) is 9.90 Å². The minimum absolute atomic E-state index is 0.0529. The molecule has 1 amide bonds. The lowest BCUT2D eigenvalue weighted by atomic mass is 10.0. The second kappa shape index (κ2) is 4.51. The summed E-state index contributed by atoms with van der Waals surface area (Å²) in [5, 5.41) is 10.2. The van der Waals surface area contributed by atoms with Gasteiger partial charge in [-0.3, -0.25) is 9.78 Å².